The normalized spacial score (nSPS) is 16.7. The van der Waals surface area contributed by atoms with E-state index in [0.717, 1.165) is 0 Å². The van der Waals surface area contributed by atoms with Crippen molar-refractivity contribution in [3.63, 3.8) is 0 Å². The molecule has 1 aromatic heterocycles. The summed E-state index contributed by atoms with van der Waals surface area (Å²) in [5.74, 6) is -2.87. The van der Waals surface area contributed by atoms with Gasteiger partial charge in [-0.1, -0.05) is 6.07 Å². The number of amides is 2. The first-order valence-corrected chi connectivity index (χ1v) is 12.2. The lowest BCUT2D eigenvalue weighted by molar-refractivity contribution is -0.138. The zero-order valence-corrected chi connectivity index (χ0v) is 21.7. The Balaban J connectivity index is 1.86. The van der Waals surface area contributed by atoms with Crippen LogP contribution in [-0.2, 0) is 9.59 Å². The highest BCUT2D eigenvalue weighted by molar-refractivity contribution is 9.10. The number of guanidine groups is 1. The van der Waals surface area contributed by atoms with Gasteiger partial charge in [-0.25, -0.2) is 9.38 Å². The Bertz CT molecular complexity index is 1440. The van der Waals surface area contributed by atoms with Gasteiger partial charge < -0.3 is 31.9 Å². The highest BCUT2D eigenvalue weighted by atomic mass is 79.9. The molecule has 2 heterocycles. The van der Waals surface area contributed by atoms with Crippen LogP contribution in [0.2, 0.25) is 0 Å². The van der Waals surface area contributed by atoms with Gasteiger partial charge in [0, 0.05) is 16.9 Å². The quantitative estimate of drug-likeness (QED) is 0.250. The van der Waals surface area contributed by atoms with E-state index in [-0.39, 0.29) is 24.6 Å². The number of hydrogen-bond donors (Lipinski definition) is 5. The lowest BCUT2D eigenvalue weighted by atomic mass is 9.87. The number of alkyl halides is 1. The van der Waals surface area contributed by atoms with Gasteiger partial charge in [-0.2, -0.15) is 5.10 Å². The van der Waals surface area contributed by atoms with Gasteiger partial charge in [0.1, 0.15) is 18.0 Å². The predicted molar refractivity (Wildman–Crippen MR) is 141 cm³/mol. The van der Waals surface area contributed by atoms with Crippen molar-refractivity contribution in [2.24, 2.45) is 16.5 Å². The van der Waals surface area contributed by atoms with Crippen LogP contribution in [0, 0.1) is 0 Å². The SMILES string of the molecule is COc1ccc([C@H](CC(=O)O)C(C(N)=O)n2ncc3c(NC4=NCC(F)CN4)cc(C(N)=O)cc32)cc1Br. The van der Waals surface area contributed by atoms with E-state index in [1.54, 1.807) is 18.2 Å². The van der Waals surface area contributed by atoms with E-state index in [0.29, 0.717) is 32.4 Å². The number of carboxylic acid groups (broad SMARTS) is 1. The van der Waals surface area contributed by atoms with Crippen molar-refractivity contribution >= 4 is 56.3 Å². The number of hydrogen-bond acceptors (Lipinski definition) is 8. The highest BCUT2D eigenvalue weighted by Crippen LogP contribution is 2.38. The Labute approximate surface area is 224 Å². The number of carboxylic acids is 1. The van der Waals surface area contributed by atoms with Crippen LogP contribution in [0.25, 0.3) is 10.9 Å². The number of aromatic nitrogens is 2. The second-order valence-electron chi connectivity index (χ2n) is 8.65. The van der Waals surface area contributed by atoms with Crippen LogP contribution in [0.5, 0.6) is 5.75 Å². The summed E-state index contributed by atoms with van der Waals surface area (Å²) in [7, 11) is 1.49. The third-order valence-corrected chi connectivity index (χ3v) is 6.75. The summed E-state index contributed by atoms with van der Waals surface area (Å²) in [4.78, 5) is 41.0. The summed E-state index contributed by atoms with van der Waals surface area (Å²) in [5, 5.41) is 20.4. The van der Waals surface area contributed by atoms with Crippen LogP contribution < -0.4 is 26.8 Å². The molecule has 0 spiro atoms. The van der Waals surface area contributed by atoms with Gasteiger partial charge in [0.05, 0.1) is 48.5 Å². The molecule has 0 bridgehead atoms. The molecule has 2 unspecified atom stereocenters. The number of aliphatic imine (C=N–C) groups is 1. The number of halogens is 2. The molecule has 2 amide bonds. The maximum absolute atomic E-state index is 13.5. The Morgan fingerprint density at radius 2 is 2.08 bits per heavy atom. The largest absolute Gasteiger partial charge is 0.496 e. The van der Waals surface area contributed by atoms with E-state index in [9.17, 15) is 23.9 Å². The number of carbonyl (C=O) groups excluding carboxylic acids is 2. The van der Waals surface area contributed by atoms with Crippen LogP contribution in [0.3, 0.4) is 0 Å². The van der Waals surface area contributed by atoms with Crippen molar-refractivity contribution in [2.45, 2.75) is 24.6 Å². The Morgan fingerprint density at radius 3 is 2.66 bits per heavy atom. The fraction of sp³-hybridized carbons (Fsp3) is 0.292. The Kier molecular flexibility index (Phi) is 7.80. The molecule has 0 fully saturated rings. The number of carbonyl (C=O) groups is 3. The summed E-state index contributed by atoms with van der Waals surface area (Å²) >= 11 is 3.39. The predicted octanol–water partition coefficient (Wildman–Crippen LogP) is 1.90. The van der Waals surface area contributed by atoms with E-state index in [1.807, 2.05) is 0 Å². The summed E-state index contributed by atoms with van der Waals surface area (Å²) in [6.45, 7) is 0.0209. The first-order valence-electron chi connectivity index (χ1n) is 11.4. The average molecular weight is 590 g/mol. The second-order valence-corrected chi connectivity index (χ2v) is 9.50. The lowest BCUT2D eigenvalue weighted by Gasteiger charge is -2.26. The van der Waals surface area contributed by atoms with Crippen LogP contribution in [-0.4, -0.2) is 65.0 Å². The number of rotatable bonds is 9. The first kappa shape index (κ1) is 26.9. The van der Waals surface area contributed by atoms with Crippen molar-refractivity contribution in [2.75, 3.05) is 25.5 Å². The van der Waals surface area contributed by atoms with Gasteiger partial charge in [0.15, 0.2) is 5.96 Å². The zero-order valence-electron chi connectivity index (χ0n) is 20.1. The van der Waals surface area contributed by atoms with Crippen molar-refractivity contribution in [3.8, 4) is 5.75 Å². The monoisotopic (exact) mass is 589 g/mol. The van der Waals surface area contributed by atoms with Crippen LogP contribution in [0.15, 0.2) is 46.0 Å². The zero-order chi connectivity index (χ0) is 27.6. The van der Waals surface area contributed by atoms with E-state index in [1.165, 1.54) is 30.1 Å². The Morgan fingerprint density at radius 1 is 1.32 bits per heavy atom. The summed E-state index contributed by atoms with van der Waals surface area (Å²) in [5.41, 5.74) is 12.6. The van der Waals surface area contributed by atoms with E-state index in [4.69, 9.17) is 16.2 Å². The number of primary amides is 2. The number of fused-ring (bicyclic) bond motifs is 1. The summed E-state index contributed by atoms with van der Waals surface area (Å²) < 4.78 is 20.6. The molecule has 1 aliphatic rings. The molecule has 3 atom stereocenters. The lowest BCUT2D eigenvalue weighted by Crippen LogP contribution is -2.41. The van der Waals surface area contributed by atoms with Gasteiger partial charge in [-0.15, -0.1) is 0 Å². The smallest absolute Gasteiger partial charge is 0.304 e. The fourth-order valence-corrected chi connectivity index (χ4v) is 4.90. The number of benzene rings is 2. The second kappa shape index (κ2) is 11.0. The van der Waals surface area contributed by atoms with Crippen molar-refractivity contribution in [3.05, 3.63) is 52.1 Å². The maximum atomic E-state index is 13.5. The Hall–Kier alpha value is -4.20. The summed E-state index contributed by atoms with van der Waals surface area (Å²) in [6, 6.07) is 6.61. The number of nitrogens with zero attached hydrogens (tertiary/aromatic N) is 3. The number of nitrogens with two attached hydrogens (primary N) is 2. The third kappa shape index (κ3) is 5.54. The van der Waals surface area contributed by atoms with Crippen LogP contribution in [0.1, 0.15) is 34.3 Å². The molecule has 38 heavy (non-hydrogen) atoms. The molecule has 0 radical (unpaired) electrons. The standard InChI is InChI=1S/C24H25BrFN7O5/c1-38-19-3-2-11(4-16(19)25)14(7-20(34)35)21(23(28)37)33-18-6-12(22(27)36)5-17(15(18)10-31-33)32-24-29-8-13(26)9-30-24/h2-6,10,13-14,21H,7-9H2,1H3,(H2,27,36)(H2,28,37)(H,34,35)(H2,29,30,32)/t14-,21?/m0/s1. The van der Waals surface area contributed by atoms with E-state index >= 15 is 0 Å². The molecular formula is C24H25BrFN7O5. The number of ether oxygens (including phenoxy) is 1. The number of anilines is 1. The average Bonchev–Trinajstić information content (AvgIpc) is 3.28. The van der Waals surface area contributed by atoms with Gasteiger partial charge in [-0.05, 0) is 45.8 Å². The first-order chi connectivity index (χ1) is 18.1. The molecule has 0 aliphatic carbocycles. The third-order valence-electron chi connectivity index (χ3n) is 6.13. The minimum atomic E-state index is -1.25. The molecule has 0 saturated heterocycles. The van der Waals surface area contributed by atoms with Crippen molar-refractivity contribution in [1.82, 2.24) is 15.1 Å². The van der Waals surface area contributed by atoms with Gasteiger partial charge in [-0.3, -0.25) is 19.1 Å². The summed E-state index contributed by atoms with van der Waals surface area (Å²) in [6.07, 6.45) is -0.123. The topological polar surface area (TPSA) is 187 Å². The van der Waals surface area contributed by atoms with Crippen molar-refractivity contribution in [1.29, 1.82) is 0 Å². The molecule has 0 saturated carbocycles. The van der Waals surface area contributed by atoms with Gasteiger partial charge in [0.25, 0.3) is 0 Å². The number of aliphatic carboxylic acids is 1. The molecule has 2 aromatic carbocycles. The molecule has 14 heteroatoms. The minimum Gasteiger partial charge on any atom is -0.496 e. The van der Waals surface area contributed by atoms with E-state index in [2.05, 4.69) is 36.7 Å². The minimum absolute atomic E-state index is 0.0364. The van der Waals surface area contributed by atoms with E-state index < -0.39 is 42.3 Å². The molecule has 12 nitrogen and oxygen atoms in total. The molecule has 200 valence electrons. The molecule has 4 rings (SSSR count). The van der Waals surface area contributed by atoms with Gasteiger partial charge in [0.2, 0.25) is 11.8 Å². The number of nitrogens with one attached hydrogen (secondary N) is 2. The van der Waals surface area contributed by atoms with Crippen LogP contribution in [0.4, 0.5) is 10.1 Å². The molecule has 3 aromatic rings. The molecular weight excluding hydrogens is 565 g/mol. The molecule has 1 aliphatic heterocycles. The molecule has 7 N–H and O–H groups in total. The van der Waals surface area contributed by atoms with Crippen LogP contribution >= 0.6 is 15.9 Å². The fourth-order valence-electron chi connectivity index (χ4n) is 4.34. The number of methoxy groups -OCH3 is 1. The maximum Gasteiger partial charge on any atom is 0.304 e. The highest BCUT2D eigenvalue weighted by Gasteiger charge is 2.34. The van der Waals surface area contributed by atoms with Gasteiger partial charge >= 0.3 is 5.97 Å². The van der Waals surface area contributed by atoms with Crippen molar-refractivity contribution < 1.29 is 28.6 Å².